The van der Waals surface area contributed by atoms with Crippen molar-refractivity contribution in [2.24, 2.45) is 0 Å². The highest BCUT2D eigenvalue weighted by Crippen LogP contribution is 2.26. The van der Waals surface area contributed by atoms with Crippen LogP contribution in [0.25, 0.3) is 0 Å². The molecule has 5 heterocycles. The fourth-order valence-electron chi connectivity index (χ4n) is 6.70. The van der Waals surface area contributed by atoms with Crippen LogP contribution < -0.4 is 15.0 Å². The van der Waals surface area contributed by atoms with Crippen molar-refractivity contribution in [3.63, 3.8) is 0 Å². The lowest BCUT2D eigenvalue weighted by Gasteiger charge is -2.32. The maximum Gasteiger partial charge on any atom is 0.227 e. The number of ketones is 1. The minimum Gasteiger partial charge on any atom is -0.486 e. The number of nitrogens with one attached hydrogen (secondary N) is 1. The Kier molecular flexibility index (Phi) is 12.3. The number of carbonyl (C=O) groups is 2. The fourth-order valence-corrected chi connectivity index (χ4v) is 6.70. The first-order chi connectivity index (χ1) is 22.8. The molecule has 0 unspecified atom stereocenters. The van der Waals surface area contributed by atoms with Gasteiger partial charge >= 0.3 is 0 Å². The number of β-amino-alcohol motifs (C(OH)–C–C–N with tert-alkyl or cyclic N) is 1. The smallest absolute Gasteiger partial charge is 0.227 e. The number of amides is 1. The van der Waals surface area contributed by atoms with Crippen molar-refractivity contribution in [1.82, 2.24) is 24.8 Å². The van der Waals surface area contributed by atoms with Crippen LogP contribution in [0.1, 0.15) is 84.9 Å². The van der Waals surface area contributed by atoms with Gasteiger partial charge < -0.3 is 29.4 Å². The average Bonchev–Trinajstić information content (AvgIpc) is 3.50. The standard InChI is InChI=1S/C35H47N7O5.H2S/c1-24-33(47-23-36-24)22-46-30-8-6-27-20-40(15-10-26(27)18-30)21-29(44)7-9-32(45)31-19-34(37-28-11-16-41(17-12-28)25(2)43)39-35(38-31)42-13-4-3-5-14-42;/h6,8,18-19,23,28-29,44H,3-5,7,9-17,20-22H2,1-2H3,(H,37,38,39);1H2/t29-;/m0./s1. The molecular weight excluding hydrogens is 630 g/mol. The Hall–Kier alpha value is -3.68. The molecule has 260 valence electrons. The normalized spacial score (nSPS) is 17.7. The summed E-state index contributed by atoms with van der Waals surface area (Å²) < 4.78 is 11.3. The van der Waals surface area contributed by atoms with E-state index in [1.54, 1.807) is 13.0 Å². The van der Waals surface area contributed by atoms with Crippen LogP contribution >= 0.6 is 13.5 Å². The Bertz CT molecular complexity index is 1540. The number of anilines is 2. The van der Waals surface area contributed by atoms with Crippen LogP contribution in [0.2, 0.25) is 0 Å². The first-order valence-corrected chi connectivity index (χ1v) is 17.0. The minimum absolute atomic E-state index is 0. The van der Waals surface area contributed by atoms with Crippen LogP contribution in [0.5, 0.6) is 5.75 Å². The van der Waals surface area contributed by atoms with Gasteiger partial charge in [-0.05, 0) is 75.1 Å². The molecule has 6 rings (SSSR count). The van der Waals surface area contributed by atoms with Crippen LogP contribution in [-0.2, 0) is 24.4 Å². The number of nitrogens with zero attached hydrogens (tertiary/aromatic N) is 6. The first-order valence-electron chi connectivity index (χ1n) is 17.0. The molecule has 1 atom stereocenters. The number of hydrogen-bond donors (Lipinski definition) is 2. The maximum absolute atomic E-state index is 13.5. The number of benzene rings is 1. The Balaban J connectivity index is 0.00000451. The third-order valence-electron chi connectivity index (χ3n) is 9.59. The summed E-state index contributed by atoms with van der Waals surface area (Å²) >= 11 is 0. The number of aromatic nitrogens is 3. The van der Waals surface area contributed by atoms with E-state index >= 15 is 0 Å². The summed E-state index contributed by atoms with van der Waals surface area (Å²) in [6, 6.07) is 8.09. The number of piperidine rings is 2. The zero-order chi connectivity index (χ0) is 32.8. The van der Waals surface area contributed by atoms with Gasteiger partial charge in [-0.1, -0.05) is 6.07 Å². The van der Waals surface area contributed by atoms with Gasteiger partial charge in [-0.25, -0.2) is 9.97 Å². The molecule has 3 aliphatic heterocycles. The zero-order valence-electron chi connectivity index (χ0n) is 28.1. The van der Waals surface area contributed by atoms with Crippen molar-refractivity contribution in [2.75, 3.05) is 49.5 Å². The lowest BCUT2D eigenvalue weighted by molar-refractivity contribution is -0.129. The number of rotatable bonds is 12. The van der Waals surface area contributed by atoms with Crippen LogP contribution in [0.3, 0.4) is 0 Å². The van der Waals surface area contributed by atoms with Gasteiger partial charge in [-0.3, -0.25) is 14.5 Å². The molecule has 0 radical (unpaired) electrons. The van der Waals surface area contributed by atoms with E-state index in [0.717, 1.165) is 75.5 Å². The lowest BCUT2D eigenvalue weighted by Crippen LogP contribution is -2.41. The van der Waals surface area contributed by atoms with Crippen LogP contribution in [0.4, 0.5) is 11.8 Å². The maximum atomic E-state index is 13.5. The molecule has 3 aliphatic rings. The van der Waals surface area contributed by atoms with Gasteiger partial charge in [0.25, 0.3) is 0 Å². The van der Waals surface area contributed by atoms with Gasteiger partial charge in [-0.2, -0.15) is 18.5 Å². The summed E-state index contributed by atoms with van der Waals surface area (Å²) in [6.07, 6.45) is 7.27. The third-order valence-corrected chi connectivity index (χ3v) is 9.59. The van der Waals surface area contributed by atoms with Gasteiger partial charge in [0, 0.05) is 71.3 Å². The van der Waals surface area contributed by atoms with E-state index in [2.05, 4.69) is 32.2 Å². The summed E-state index contributed by atoms with van der Waals surface area (Å²) in [6.45, 7) is 9.10. The topological polar surface area (TPSA) is 137 Å². The zero-order valence-corrected chi connectivity index (χ0v) is 29.1. The summed E-state index contributed by atoms with van der Waals surface area (Å²) in [5.74, 6) is 2.79. The van der Waals surface area contributed by atoms with Crippen LogP contribution in [-0.4, -0.2) is 93.0 Å². The van der Waals surface area contributed by atoms with Crippen molar-refractivity contribution < 1.29 is 23.8 Å². The number of likely N-dealkylation sites (tertiary alicyclic amines) is 1. The second kappa shape index (κ2) is 16.6. The molecule has 13 heteroatoms. The molecule has 0 saturated carbocycles. The number of hydrogen-bond acceptors (Lipinski definition) is 11. The van der Waals surface area contributed by atoms with Crippen molar-refractivity contribution in [2.45, 2.75) is 90.5 Å². The number of aryl methyl sites for hydroxylation is 1. The molecule has 2 fully saturated rings. The van der Waals surface area contributed by atoms with E-state index < -0.39 is 6.10 Å². The molecule has 1 amide bonds. The second-order valence-electron chi connectivity index (χ2n) is 13.1. The Morgan fingerprint density at radius 3 is 2.58 bits per heavy atom. The molecule has 12 nitrogen and oxygen atoms in total. The highest BCUT2D eigenvalue weighted by atomic mass is 32.1. The van der Waals surface area contributed by atoms with Crippen LogP contribution in [0.15, 0.2) is 35.1 Å². The molecule has 0 spiro atoms. The fraction of sp³-hybridized carbons (Fsp3) is 0.571. The molecular formula is C35H49N7O5S. The number of Topliss-reactive ketones (excluding diaryl/α,β-unsaturated/α-hetero) is 1. The van der Waals surface area contributed by atoms with Gasteiger partial charge in [-0.15, -0.1) is 0 Å². The average molecular weight is 680 g/mol. The number of carbonyl (C=O) groups excluding carboxylic acids is 2. The number of aliphatic hydroxyl groups is 1. The van der Waals surface area contributed by atoms with E-state index in [4.69, 9.17) is 19.1 Å². The first kappa shape index (κ1) is 35.6. The van der Waals surface area contributed by atoms with Crippen molar-refractivity contribution >= 4 is 37.0 Å². The van der Waals surface area contributed by atoms with Crippen molar-refractivity contribution in [3.05, 3.63) is 58.9 Å². The summed E-state index contributed by atoms with van der Waals surface area (Å²) in [7, 11) is 0. The monoisotopic (exact) mass is 679 g/mol. The van der Waals surface area contributed by atoms with Crippen LogP contribution in [0, 0.1) is 6.92 Å². The summed E-state index contributed by atoms with van der Waals surface area (Å²) in [5.41, 5.74) is 3.69. The number of aliphatic hydroxyl groups excluding tert-OH is 1. The molecule has 0 aliphatic carbocycles. The number of oxazole rings is 1. The highest BCUT2D eigenvalue weighted by Gasteiger charge is 2.24. The number of fused-ring (bicyclic) bond motifs is 1. The summed E-state index contributed by atoms with van der Waals surface area (Å²) in [4.78, 5) is 45.1. The molecule has 2 saturated heterocycles. The van der Waals surface area contributed by atoms with E-state index in [1.165, 1.54) is 23.9 Å². The van der Waals surface area contributed by atoms with Gasteiger partial charge in [0.2, 0.25) is 11.9 Å². The molecule has 0 bridgehead atoms. The molecule has 2 aromatic heterocycles. The van der Waals surface area contributed by atoms with E-state index in [9.17, 15) is 14.7 Å². The second-order valence-corrected chi connectivity index (χ2v) is 13.1. The molecule has 1 aromatic carbocycles. The Morgan fingerprint density at radius 2 is 1.85 bits per heavy atom. The molecule has 3 aromatic rings. The van der Waals surface area contributed by atoms with E-state index in [0.29, 0.717) is 50.1 Å². The summed E-state index contributed by atoms with van der Waals surface area (Å²) in [5, 5.41) is 14.5. The molecule has 48 heavy (non-hydrogen) atoms. The predicted molar refractivity (Wildman–Crippen MR) is 188 cm³/mol. The van der Waals surface area contributed by atoms with Gasteiger partial charge in [0.15, 0.2) is 17.9 Å². The van der Waals surface area contributed by atoms with Crippen molar-refractivity contribution in [3.8, 4) is 5.75 Å². The van der Waals surface area contributed by atoms with E-state index in [1.807, 2.05) is 17.9 Å². The Labute approximate surface area is 289 Å². The predicted octanol–water partition coefficient (Wildman–Crippen LogP) is 4.26. The molecule has 2 N–H and O–H groups in total. The largest absolute Gasteiger partial charge is 0.486 e. The quantitative estimate of drug-likeness (QED) is 0.266. The highest BCUT2D eigenvalue weighted by molar-refractivity contribution is 7.59. The van der Waals surface area contributed by atoms with Crippen molar-refractivity contribution in [1.29, 1.82) is 0 Å². The van der Waals surface area contributed by atoms with Gasteiger partial charge in [0.1, 0.15) is 23.9 Å². The third kappa shape index (κ3) is 9.26. The lowest BCUT2D eigenvalue weighted by atomic mass is 9.98. The minimum atomic E-state index is -0.624. The van der Waals surface area contributed by atoms with Gasteiger partial charge in [0.05, 0.1) is 11.8 Å². The number of ether oxygens (including phenoxy) is 1. The van der Waals surface area contributed by atoms with E-state index in [-0.39, 0.29) is 37.6 Å². The Morgan fingerprint density at radius 1 is 1.06 bits per heavy atom. The SMILES string of the molecule is CC(=O)N1CCC(Nc2cc(C(=O)CC[C@H](O)CN3CCc4cc(OCc5ocnc5C)ccc4C3)nc(N3CCCCC3)n2)CC1.S.